The van der Waals surface area contributed by atoms with Crippen molar-refractivity contribution in [2.24, 2.45) is 0 Å². The number of hydrogen-bond donors (Lipinski definition) is 1. The van der Waals surface area contributed by atoms with Gasteiger partial charge in [-0.25, -0.2) is 4.79 Å². The minimum Gasteiger partial charge on any atom is -0.464 e. The molecule has 0 heterocycles. The van der Waals surface area contributed by atoms with E-state index in [0.29, 0.717) is 6.61 Å². The van der Waals surface area contributed by atoms with Gasteiger partial charge in [0.2, 0.25) is 0 Å². The predicted octanol–water partition coefficient (Wildman–Crippen LogP) is 3.32. The molecule has 1 N–H and O–H groups in total. The summed E-state index contributed by atoms with van der Waals surface area (Å²) in [5, 5.41) is 3.37. The van der Waals surface area contributed by atoms with Gasteiger partial charge in [-0.1, -0.05) is 19.1 Å². The lowest BCUT2D eigenvalue weighted by Crippen LogP contribution is -2.31. The molecule has 1 atom stereocenters. The Labute approximate surface area is 115 Å². The molecule has 1 aromatic rings. The molecule has 0 radical (unpaired) electrons. The van der Waals surface area contributed by atoms with E-state index in [1.807, 2.05) is 13.8 Å². The van der Waals surface area contributed by atoms with E-state index < -0.39 is 0 Å². The van der Waals surface area contributed by atoms with Gasteiger partial charge in [-0.2, -0.15) is 0 Å². The van der Waals surface area contributed by atoms with Crippen LogP contribution in [0.4, 0.5) is 5.69 Å². The highest BCUT2D eigenvalue weighted by Gasteiger charge is 2.20. The second kappa shape index (κ2) is 6.60. The van der Waals surface area contributed by atoms with E-state index in [9.17, 15) is 4.79 Å². The van der Waals surface area contributed by atoms with Crippen LogP contribution < -0.4 is 5.32 Å². The highest BCUT2D eigenvalue weighted by molar-refractivity contribution is 5.79. The lowest BCUT2D eigenvalue weighted by molar-refractivity contribution is -0.144. The molecule has 0 saturated heterocycles. The molecule has 0 amide bonds. The zero-order valence-corrected chi connectivity index (χ0v) is 11.9. The number of carbonyl (C=O) groups excluding carboxylic acids is 1. The average Bonchev–Trinajstić information content (AvgIpc) is 2.45. The van der Waals surface area contributed by atoms with Crippen LogP contribution in [-0.2, 0) is 22.4 Å². The van der Waals surface area contributed by atoms with Crippen molar-refractivity contribution in [2.45, 2.75) is 52.0 Å². The molecule has 0 spiro atoms. The summed E-state index contributed by atoms with van der Waals surface area (Å²) in [6.45, 7) is 4.28. The minimum atomic E-state index is -0.242. The van der Waals surface area contributed by atoms with E-state index in [2.05, 4.69) is 23.5 Å². The summed E-state index contributed by atoms with van der Waals surface area (Å²) < 4.78 is 5.11. The Kier molecular flexibility index (Phi) is 4.83. The van der Waals surface area contributed by atoms with Crippen LogP contribution in [0.1, 0.15) is 44.2 Å². The van der Waals surface area contributed by atoms with E-state index in [1.54, 1.807) is 0 Å². The summed E-state index contributed by atoms with van der Waals surface area (Å²) in [5.41, 5.74) is 3.92. The van der Waals surface area contributed by atoms with E-state index in [-0.39, 0.29) is 12.0 Å². The number of aryl methyl sites for hydroxylation is 1. The Morgan fingerprint density at radius 2 is 2.11 bits per heavy atom. The Bertz CT molecular complexity index is 442. The lowest BCUT2D eigenvalue weighted by Gasteiger charge is -2.23. The van der Waals surface area contributed by atoms with Crippen molar-refractivity contribution in [1.82, 2.24) is 0 Å². The molecule has 1 aromatic carbocycles. The molecular formula is C16H23NO2. The average molecular weight is 261 g/mol. The maximum Gasteiger partial charge on any atom is 0.328 e. The third-order valence-electron chi connectivity index (χ3n) is 3.71. The van der Waals surface area contributed by atoms with Crippen LogP contribution in [0.5, 0.6) is 0 Å². The first-order valence-electron chi connectivity index (χ1n) is 7.30. The van der Waals surface area contributed by atoms with E-state index >= 15 is 0 Å². The largest absolute Gasteiger partial charge is 0.464 e. The number of rotatable bonds is 5. The molecular weight excluding hydrogens is 238 g/mol. The molecule has 3 heteroatoms. The molecule has 104 valence electrons. The van der Waals surface area contributed by atoms with E-state index in [4.69, 9.17) is 4.74 Å². The Morgan fingerprint density at radius 3 is 2.84 bits per heavy atom. The zero-order valence-electron chi connectivity index (χ0n) is 11.9. The number of nitrogens with one attached hydrogen (secondary N) is 1. The fraction of sp³-hybridized carbons (Fsp3) is 0.562. The Hall–Kier alpha value is -1.51. The van der Waals surface area contributed by atoms with Crippen molar-refractivity contribution in [3.63, 3.8) is 0 Å². The van der Waals surface area contributed by atoms with Gasteiger partial charge in [-0.05, 0) is 56.2 Å². The van der Waals surface area contributed by atoms with Crippen molar-refractivity contribution >= 4 is 11.7 Å². The lowest BCUT2D eigenvalue weighted by atomic mass is 9.90. The highest BCUT2D eigenvalue weighted by Crippen LogP contribution is 2.28. The van der Waals surface area contributed by atoms with Gasteiger partial charge in [-0.3, -0.25) is 0 Å². The van der Waals surface area contributed by atoms with Crippen molar-refractivity contribution in [1.29, 1.82) is 0 Å². The van der Waals surface area contributed by atoms with Crippen LogP contribution in [0.3, 0.4) is 0 Å². The fourth-order valence-corrected chi connectivity index (χ4v) is 2.67. The molecule has 3 nitrogen and oxygen atoms in total. The number of ether oxygens (including phenoxy) is 1. The number of carbonyl (C=O) groups is 1. The summed E-state index contributed by atoms with van der Waals surface area (Å²) in [5.74, 6) is -0.154. The van der Waals surface area contributed by atoms with Gasteiger partial charge in [0.25, 0.3) is 0 Å². The fourth-order valence-electron chi connectivity index (χ4n) is 2.67. The van der Waals surface area contributed by atoms with E-state index in [0.717, 1.165) is 24.9 Å². The number of esters is 1. The molecule has 1 aliphatic carbocycles. The van der Waals surface area contributed by atoms with Crippen molar-refractivity contribution < 1.29 is 9.53 Å². The Balaban J connectivity index is 2.15. The summed E-state index contributed by atoms with van der Waals surface area (Å²) in [4.78, 5) is 11.9. The predicted molar refractivity (Wildman–Crippen MR) is 77.4 cm³/mol. The molecule has 1 aliphatic rings. The summed E-state index contributed by atoms with van der Waals surface area (Å²) in [7, 11) is 0. The number of hydrogen-bond acceptors (Lipinski definition) is 3. The standard InChI is InChI=1S/C16H23NO2/c1-3-14(16(18)19-4-2)17-15-11-7-9-12-8-5-6-10-13(12)15/h7,9,11,14,17H,3-6,8,10H2,1-2H3. The third kappa shape index (κ3) is 3.28. The second-order valence-electron chi connectivity index (χ2n) is 5.01. The molecule has 0 fully saturated rings. The van der Waals surface area contributed by atoms with Crippen LogP contribution in [0.25, 0.3) is 0 Å². The molecule has 0 aliphatic heterocycles. The smallest absolute Gasteiger partial charge is 0.328 e. The molecule has 0 saturated carbocycles. The summed E-state index contributed by atoms with van der Waals surface area (Å²) in [6.07, 6.45) is 5.51. The van der Waals surface area contributed by atoms with Gasteiger partial charge in [0.15, 0.2) is 0 Å². The van der Waals surface area contributed by atoms with Gasteiger partial charge in [0, 0.05) is 5.69 Å². The highest BCUT2D eigenvalue weighted by atomic mass is 16.5. The Morgan fingerprint density at radius 1 is 1.32 bits per heavy atom. The van der Waals surface area contributed by atoms with Gasteiger partial charge in [0.1, 0.15) is 6.04 Å². The van der Waals surface area contributed by atoms with Crippen LogP contribution in [-0.4, -0.2) is 18.6 Å². The number of fused-ring (bicyclic) bond motifs is 1. The first kappa shape index (κ1) is 13.9. The van der Waals surface area contributed by atoms with E-state index in [1.165, 1.54) is 24.0 Å². The molecule has 2 rings (SSSR count). The van der Waals surface area contributed by atoms with Crippen molar-refractivity contribution in [3.8, 4) is 0 Å². The van der Waals surface area contributed by atoms with Crippen LogP contribution >= 0.6 is 0 Å². The first-order chi connectivity index (χ1) is 9.26. The molecule has 19 heavy (non-hydrogen) atoms. The number of anilines is 1. The third-order valence-corrected chi connectivity index (χ3v) is 3.71. The minimum absolute atomic E-state index is 0.154. The topological polar surface area (TPSA) is 38.3 Å². The van der Waals surface area contributed by atoms with Gasteiger partial charge < -0.3 is 10.1 Å². The zero-order chi connectivity index (χ0) is 13.7. The second-order valence-corrected chi connectivity index (χ2v) is 5.01. The molecule has 0 aromatic heterocycles. The molecule has 0 bridgehead atoms. The first-order valence-corrected chi connectivity index (χ1v) is 7.30. The normalized spacial score (nSPS) is 15.5. The summed E-state index contributed by atoms with van der Waals surface area (Å²) >= 11 is 0. The maximum absolute atomic E-state index is 11.9. The van der Waals surface area contributed by atoms with Crippen LogP contribution in [0.2, 0.25) is 0 Å². The quantitative estimate of drug-likeness (QED) is 0.826. The molecule has 1 unspecified atom stereocenters. The maximum atomic E-state index is 11.9. The monoisotopic (exact) mass is 261 g/mol. The van der Waals surface area contributed by atoms with Crippen LogP contribution in [0, 0.1) is 0 Å². The van der Waals surface area contributed by atoms with Crippen molar-refractivity contribution in [3.05, 3.63) is 29.3 Å². The number of benzene rings is 1. The van der Waals surface area contributed by atoms with Crippen LogP contribution in [0.15, 0.2) is 18.2 Å². The van der Waals surface area contributed by atoms with Gasteiger partial charge >= 0.3 is 5.97 Å². The van der Waals surface area contributed by atoms with Gasteiger partial charge in [-0.15, -0.1) is 0 Å². The van der Waals surface area contributed by atoms with Crippen molar-refractivity contribution in [2.75, 3.05) is 11.9 Å². The summed E-state index contributed by atoms with van der Waals surface area (Å²) in [6, 6.07) is 6.11. The van der Waals surface area contributed by atoms with Gasteiger partial charge in [0.05, 0.1) is 6.61 Å². The SMILES string of the molecule is CCOC(=O)C(CC)Nc1cccc2c1CCCC2.